The first-order chi connectivity index (χ1) is 14.8. The van der Waals surface area contributed by atoms with E-state index in [2.05, 4.69) is 5.32 Å². The van der Waals surface area contributed by atoms with Crippen LogP contribution >= 0.6 is 0 Å². The summed E-state index contributed by atoms with van der Waals surface area (Å²) in [6.07, 6.45) is -2.98. The Labute approximate surface area is 177 Å². The number of ether oxygens (including phenoxy) is 2. The molecule has 0 spiro atoms. The largest absolute Gasteiger partial charge is 0.493 e. The number of hydrogen-bond donors (Lipinski definition) is 1. The minimum Gasteiger partial charge on any atom is -0.493 e. The van der Waals surface area contributed by atoms with E-state index in [4.69, 9.17) is 13.9 Å². The maximum absolute atomic E-state index is 12.9. The van der Waals surface area contributed by atoms with Gasteiger partial charge in [-0.3, -0.25) is 0 Å². The highest BCUT2D eigenvalue weighted by Crippen LogP contribution is 2.32. The van der Waals surface area contributed by atoms with E-state index < -0.39 is 18.8 Å². The van der Waals surface area contributed by atoms with E-state index in [0.717, 1.165) is 5.56 Å². The number of furan rings is 1. The predicted molar refractivity (Wildman–Crippen MR) is 108 cm³/mol. The van der Waals surface area contributed by atoms with Crippen molar-refractivity contribution >= 4 is 11.7 Å². The molecule has 6 nitrogen and oxygen atoms in total. The highest BCUT2D eigenvalue weighted by molar-refractivity contribution is 5.89. The molecule has 0 aliphatic heterocycles. The number of alkyl halides is 3. The van der Waals surface area contributed by atoms with Gasteiger partial charge < -0.3 is 24.1 Å². The molecule has 9 heteroatoms. The monoisotopic (exact) mass is 434 g/mol. The number of carbonyl (C=O) groups is 1. The summed E-state index contributed by atoms with van der Waals surface area (Å²) in [5.41, 5.74) is 1.17. The third kappa shape index (κ3) is 6.70. The van der Waals surface area contributed by atoms with E-state index in [0.29, 0.717) is 12.3 Å². The van der Waals surface area contributed by atoms with Crippen molar-refractivity contribution in [3.8, 4) is 11.5 Å². The van der Waals surface area contributed by atoms with Gasteiger partial charge in [0.2, 0.25) is 0 Å². The van der Waals surface area contributed by atoms with Crippen LogP contribution in [0.1, 0.15) is 11.3 Å². The summed E-state index contributed by atoms with van der Waals surface area (Å²) in [5, 5.41) is 2.69. The molecule has 164 valence electrons. The summed E-state index contributed by atoms with van der Waals surface area (Å²) in [6.45, 7) is -0.957. The molecule has 0 bridgehead atoms. The van der Waals surface area contributed by atoms with Gasteiger partial charge in [0.1, 0.15) is 5.76 Å². The molecule has 0 radical (unpaired) electrons. The van der Waals surface area contributed by atoms with E-state index in [9.17, 15) is 18.0 Å². The summed E-state index contributed by atoms with van der Waals surface area (Å²) in [7, 11) is 1.32. The van der Waals surface area contributed by atoms with Crippen molar-refractivity contribution in [3.05, 3.63) is 78.3 Å². The van der Waals surface area contributed by atoms with E-state index in [-0.39, 0.29) is 23.7 Å². The molecule has 0 aliphatic rings. The van der Waals surface area contributed by atoms with Crippen LogP contribution in [0.5, 0.6) is 11.5 Å². The lowest BCUT2D eigenvalue weighted by Crippen LogP contribution is -2.34. The quantitative estimate of drug-likeness (QED) is 0.511. The lowest BCUT2D eigenvalue weighted by molar-refractivity contribution is -0.153. The molecular weight excluding hydrogens is 413 g/mol. The Kier molecular flexibility index (Phi) is 7.07. The zero-order valence-electron chi connectivity index (χ0n) is 16.7. The average Bonchev–Trinajstić information content (AvgIpc) is 3.25. The number of urea groups is 1. The van der Waals surface area contributed by atoms with Crippen LogP contribution in [0.4, 0.5) is 23.7 Å². The van der Waals surface area contributed by atoms with Crippen molar-refractivity contribution in [2.75, 3.05) is 19.0 Å². The summed E-state index contributed by atoms with van der Waals surface area (Å²) < 4.78 is 52.8. The zero-order chi connectivity index (χ0) is 22.3. The maximum atomic E-state index is 12.9. The number of anilines is 1. The van der Waals surface area contributed by atoms with Crippen LogP contribution in [0.3, 0.4) is 0 Å². The van der Waals surface area contributed by atoms with Crippen LogP contribution in [0.15, 0.2) is 71.3 Å². The fourth-order valence-electron chi connectivity index (χ4n) is 2.82. The van der Waals surface area contributed by atoms with Crippen LogP contribution in [-0.2, 0) is 13.1 Å². The summed E-state index contributed by atoms with van der Waals surface area (Å²) in [5.74, 6) is 0.590. The fraction of sp³-hybridized carbons (Fsp3) is 0.227. The summed E-state index contributed by atoms with van der Waals surface area (Å²) in [4.78, 5) is 14.5. The molecule has 0 atom stereocenters. The molecule has 3 rings (SSSR count). The number of nitrogens with one attached hydrogen (secondary N) is 1. The Morgan fingerprint density at radius 3 is 2.45 bits per heavy atom. The maximum Gasteiger partial charge on any atom is 0.422 e. The van der Waals surface area contributed by atoms with Crippen LogP contribution < -0.4 is 14.8 Å². The first-order valence-electron chi connectivity index (χ1n) is 9.34. The molecule has 0 aliphatic carbocycles. The van der Waals surface area contributed by atoms with E-state index in [1.54, 1.807) is 12.1 Å². The van der Waals surface area contributed by atoms with Gasteiger partial charge in [-0.25, -0.2) is 4.79 Å². The van der Waals surface area contributed by atoms with Gasteiger partial charge in [-0.05, 0) is 29.8 Å². The smallest absolute Gasteiger partial charge is 0.422 e. The van der Waals surface area contributed by atoms with Gasteiger partial charge in [-0.15, -0.1) is 0 Å². The van der Waals surface area contributed by atoms with Crippen LogP contribution in [0.25, 0.3) is 0 Å². The molecule has 0 saturated heterocycles. The Bertz CT molecular complexity index is 976. The normalized spacial score (nSPS) is 11.1. The third-order valence-electron chi connectivity index (χ3n) is 4.24. The Hall–Kier alpha value is -3.62. The minimum absolute atomic E-state index is 0.124. The molecule has 0 fully saturated rings. The standard InChI is InChI=1S/C22H21F3N2O4/c1-29-19-10-9-17(12-20(19)31-15-22(23,24)25)26-21(28)27(14-18-8-5-11-30-18)13-16-6-3-2-4-7-16/h2-12H,13-15H2,1H3,(H,26,28). The second-order valence-electron chi connectivity index (χ2n) is 6.62. The van der Waals surface area contributed by atoms with Gasteiger partial charge in [0.25, 0.3) is 0 Å². The van der Waals surface area contributed by atoms with E-state index >= 15 is 0 Å². The zero-order valence-corrected chi connectivity index (χ0v) is 16.7. The first-order valence-corrected chi connectivity index (χ1v) is 9.34. The van der Waals surface area contributed by atoms with Gasteiger partial charge >= 0.3 is 12.2 Å². The number of benzene rings is 2. The molecule has 0 saturated carbocycles. The van der Waals surface area contributed by atoms with Gasteiger partial charge in [-0.1, -0.05) is 30.3 Å². The Balaban J connectivity index is 1.76. The predicted octanol–water partition coefficient (Wildman–Crippen LogP) is 5.46. The molecule has 0 unspecified atom stereocenters. The number of hydrogen-bond acceptors (Lipinski definition) is 4. The molecule has 1 heterocycles. The number of halogens is 3. The van der Waals surface area contributed by atoms with Gasteiger partial charge in [0, 0.05) is 18.3 Å². The van der Waals surface area contributed by atoms with E-state index in [1.807, 2.05) is 30.3 Å². The highest BCUT2D eigenvalue weighted by Gasteiger charge is 2.29. The van der Waals surface area contributed by atoms with Crippen LogP contribution in [0.2, 0.25) is 0 Å². The van der Waals surface area contributed by atoms with Crippen LogP contribution in [0, 0.1) is 0 Å². The molecule has 2 amide bonds. The molecule has 1 N–H and O–H groups in total. The van der Waals surface area contributed by atoms with Crippen molar-refractivity contribution in [2.24, 2.45) is 0 Å². The summed E-state index contributed by atoms with van der Waals surface area (Å²) in [6, 6.07) is 16.6. The van der Waals surface area contributed by atoms with E-state index in [1.165, 1.54) is 36.5 Å². The fourth-order valence-corrected chi connectivity index (χ4v) is 2.82. The van der Waals surface area contributed by atoms with Crippen molar-refractivity contribution < 1.29 is 31.9 Å². The minimum atomic E-state index is -4.50. The molecule has 1 aromatic heterocycles. The molecule has 2 aromatic carbocycles. The van der Waals surface area contributed by atoms with Crippen molar-refractivity contribution in [1.82, 2.24) is 4.90 Å². The second-order valence-corrected chi connectivity index (χ2v) is 6.62. The van der Waals surface area contributed by atoms with Gasteiger partial charge in [-0.2, -0.15) is 13.2 Å². The van der Waals surface area contributed by atoms with Gasteiger partial charge in [0.05, 0.1) is 19.9 Å². The Morgan fingerprint density at radius 2 is 1.81 bits per heavy atom. The number of rotatable bonds is 8. The lowest BCUT2D eigenvalue weighted by atomic mass is 10.2. The molecular formula is C22H21F3N2O4. The van der Waals surface area contributed by atoms with Gasteiger partial charge in [0.15, 0.2) is 18.1 Å². The SMILES string of the molecule is COc1ccc(NC(=O)N(Cc2ccccc2)Cc2ccco2)cc1OCC(F)(F)F. The second kappa shape index (κ2) is 9.92. The summed E-state index contributed by atoms with van der Waals surface area (Å²) >= 11 is 0. The number of methoxy groups -OCH3 is 1. The van der Waals surface area contributed by atoms with Crippen LogP contribution in [-0.4, -0.2) is 30.8 Å². The molecule has 31 heavy (non-hydrogen) atoms. The topological polar surface area (TPSA) is 63.9 Å². The first kappa shape index (κ1) is 22.1. The number of carbonyl (C=O) groups excluding carboxylic acids is 1. The number of amides is 2. The lowest BCUT2D eigenvalue weighted by Gasteiger charge is -2.23. The van der Waals surface area contributed by atoms with Crippen molar-refractivity contribution in [2.45, 2.75) is 19.3 Å². The highest BCUT2D eigenvalue weighted by atomic mass is 19.4. The number of nitrogens with zero attached hydrogens (tertiary/aromatic N) is 1. The Morgan fingerprint density at radius 1 is 1.03 bits per heavy atom. The van der Waals surface area contributed by atoms with Crippen molar-refractivity contribution in [3.63, 3.8) is 0 Å². The average molecular weight is 434 g/mol. The third-order valence-corrected chi connectivity index (χ3v) is 4.24. The van der Waals surface area contributed by atoms with Crippen molar-refractivity contribution in [1.29, 1.82) is 0 Å². The molecule has 3 aromatic rings.